The largest absolute Gasteiger partial charge is 0.398 e. The molecule has 0 unspecified atom stereocenters. The number of para-hydroxylation sites is 1. The Labute approximate surface area is 167 Å². The second-order valence-corrected chi connectivity index (χ2v) is 7.58. The first-order valence-corrected chi connectivity index (χ1v) is 9.46. The van der Waals surface area contributed by atoms with Gasteiger partial charge in [-0.15, -0.1) is 0 Å². The molecule has 0 amide bonds. The average Bonchev–Trinajstić information content (AvgIpc) is 3.13. The molecule has 3 aromatic heterocycles. The molecule has 0 bridgehead atoms. The lowest BCUT2D eigenvalue weighted by Crippen LogP contribution is -2.10. The van der Waals surface area contributed by atoms with Gasteiger partial charge in [0.2, 0.25) is 0 Å². The fourth-order valence-electron chi connectivity index (χ4n) is 2.92. The van der Waals surface area contributed by atoms with Gasteiger partial charge in [-0.3, -0.25) is 0 Å². The van der Waals surface area contributed by atoms with Crippen molar-refractivity contribution in [1.82, 2.24) is 14.6 Å². The summed E-state index contributed by atoms with van der Waals surface area (Å²) in [6, 6.07) is 16.0. The van der Waals surface area contributed by atoms with Crippen LogP contribution in [0.4, 0.5) is 11.5 Å². The van der Waals surface area contributed by atoms with E-state index in [0.717, 1.165) is 32.3 Å². The highest BCUT2D eigenvalue weighted by atomic mass is 32.2. The molecule has 3 heterocycles. The van der Waals surface area contributed by atoms with Gasteiger partial charge in [0.15, 0.2) is 0 Å². The number of aromatic nitrogens is 3. The van der Waals surface area contributed by atoms with Crippen molar-refractivity contribution >= 4 is 28.8 Å². The number of benzene rings is 1. The summed E-state index contributed by atoms with van der Waals surface area (Å²) < 4.78 is 1.75. The zero-order valence-electron chi connectivity index (χ0n) is 15.5. The van der Waals surface area contributed by atoms with Crippen molar-refractivity contribution in [2.75, 3.05) is 24.7 Å². The van der Waals surface area contributed by atoms with Gasteiger partial charge in [-0.05, 0) is 30.3 Å². The average molecular weight is 386 g/mol. The minimum atomic E-state index is 0.532. The maximum absolute atomic E-state index is 9.49. The van der Waals surface area contributed by atoms with Crippen LogP contribution in [0, 0.1) is 11.3 Å². The quantitative estimate of drug-likeness (QED) is 0.532. The molecule has 0 saturated carbocycles. The predicted molar refractivity (Wildman–Crippen MR) is 112 cm³/mol. The lowest BCUT2D eigenvalue weighted by molar-refractivity contribution is 0.951. The van der Waals surface area contributed by atoms with Crippen LogP contribution in [0.3, 0.4) is 0 Å². The molecule has 0 fully saturated rings. The molecular formula is C21H18N6S. The van der Waals surface area contributed by atoms with E-state index in [9.17, 15) is 5.26 Å². The summed E-state index contributed by atoms with van der Waals surface area (Å²) >= 11 is 1.53. The fourth-order valence-corrected chi connectivity index (χ4v) is 3.97. The van der Waals surface area contributed by atoms with Gasteiger partial charge in [0.25, 0.3) is 0 Å². The van der Waals surface area contributed by atoms with Crippen molar-refractivity contribution in [3.63, 3.8) is 0 Å². The Morgan fingerprint density at radius 3 is 2.57 bits per heavy atom. The molecule has 0 aliphatic rings. The summed E-state index contributed by atoms with van der Waals surface area (Å²) in [6.07, 6.45) is 5.35. The second kappa shape index (κ2) is 7.25. The lowest BCUT2D eigenvalue weighted by atomic mass is 10.1. The van der Waals surface area contributed by atoms with Crippen molar-refractivity contribution < 1.29 is 0 Å². The van der Waals surface area contributed by atoms with Crippen LogP contribution in [-0.4, -0.2) is 28.7 Å². The van der Waals surface area contributed by atoms with Crippen LogP contribution in [0.5, 0.6) is 0 Å². The summed E-state index contributed by atoms with van der Waals surface area (Å²) in [5, 5.41) is 13.9. The topological polar surface area (TPSA) is 83.2 Å². The first-order chi connectivity index (χ1) is 13.6. The summed E-state index contributed by atoms with van der Waals surface area (Å²) in [6.45, 7) is 0. The van der Waals surface area contributed by atoms with E-state index in [2.05, 4.69) is 22.2 Å². The van der Waals surface area contributed by atoms with Gasteiger partial charge in [0.1, 0.15) is 11.9 Å². The second-order valence-electron chi connectivity index (χ2n) is 6.50. The van der Waals surface area contributed by atoms with E-state index in [1.807, 2.05) is 67.8 Å². The number of anilines is 2. The number of nitrogens with two attached hydrogens (primary N) is 1. The van der Waals surface area contributed by atoms with Crippen molar-refractivity contribution in [3.8, 4) is 17.2 Å². The molecule has 4 aromatic rings. The molecule has 0 saturated heterocycles. The van der Waals surface area contributed by atoms with E-state index in [1.54, 1.807) is 10.7 Å². The zero-order chi connectivity index (χ0) is 19.7. The maximum Gasteiger partial charge on any atom is 0.127 e. The summed E-state index contributed by atoms with van der Waals surface area (Å²) in [5.74, 6) is 0.891. The molecule has 0 aliphatic carbocycles. The summed E-state index contributed by atoms with van der Waals surface area (Å²) in [4.78, 5) is 8.31. The monoisotopic (exact) mass is 386 g/mol. The highest BCUT2D eigenvalue weighted by Gasteiger charge is 2.14. The van der Waals surface area contributed by atoms with E-state index < -0.39 is 0 Å². The van der Waals surface area contributed by atoms with Crippen molar-refractivity contribution in [2.24, 2.45) is 0 Å². The number of nitrogens with zero attached hydrogens (tertiary/aromatic N) is 5. The number of rotatable bonds is 4. The van der Waals surface area contributed by atoms with Crippen LogP contribution in [0.1, 0.15) is 5.56 Å². The third-order valence-electron chi connectivity index (χ3n) is 4.38. The lowest BCUT2D eigenvalue weighted by Gasteiger charge is -2.13. The Bertz CT molecular complexity index is 1190. The van der Waals surface area contributed by atoms with Crippen LogP contribution in [0.25, 0.3) is 16.6 Å². The van der Waals surface area contributed by atoms with Crippen LogP contribution in [-0.2, 0) is 0 Å². The van der Waals surface area contributed by atoms with Gasteiger partial charge in [-0.25, -0.2) is 9.50 Å². The Hall–Kier alpha value is -3.50. The third-order valence-corrected chi connectivity index (χ3v) is 5.50. The molecule has 6 nitrogen and oxygen atoms in total. The van der Waals surface area contributed by atoms with Gasteiger partial charge < -0.3 is 10.6 Å². The first-order valence-electron chi connectivity index (χ1n) is 8.64. The van der Waals surface area contributed by atoms with E-state index >= 15 is 0 Å². The summed E-state index contributed by atoms with van der Waals surface area (Å²) in [5.41, 5.74) is 10.1. The van der Waals surface area contributed by atoms with E-state index in [-0.39, 0.29) is 0 Å². The third kappa shape index (κ3) is 3.26. The van der Waals surface area contributed by atoms with Gasteiger partial charge in [-0.2, -0.15) is 10.4 Å². The number of pyridine rings is 2. The standard InChI is InChI=1S/C21H18N6S/c1-26(2)20-8-7-14(11-24-20)15-9-19(28-18-6-4-3-5-17(18)23)21-16(10-22)12-25-27(21)13-15/h3-9,11-13H,23H2,1-2H3. The zero-order valence-corrected chi connectivity index (χ0v) is 16.3. The Kier molecular flexibility index (Phi) is 4.63. The van der Waals surface area contributed by atoms with Crippen LogP contribution < -0.4 is 10.6 Å². The molecule has 7 heteroatoms. The van der Waals surface area contributed by atoms with Gasteiger partial charge >= 0.3 is 0 Å². The molecule has 0 spiro atoms. The highest BCUT2D eigenvalue weighted by Crippen LogP contribution is 2.37. The molecule has 1 aromatic carbocycles. The fraction of sp³-hybridized carbons (Fsp3) is 0.0952. The molecular weight excluding hydrogens is 368 g/mol. The normalized spacial score (nSPS) is 10.8. The van der Waals surface area contributed by atoms with E-state index in [0.29, 0.717) is 11.3 Å². The summed E-state index contributed by atoms with van der Waals surface area (Å²) in [7, 11) is 3.92. The number of nitriles is 1. The number of hydrogen-bond acceptors (Lipinski definition) is 6. The molecule has 0 radical (unpaired) electrons. The maximum atomic E-state index is 9.49. The highest BCUT2D eigenvalue weighted by molar-refractivity contribution is 7.99. The van der Waals surface area contributed by atoms with Gasteiger partial charge in [0, 0.05) is 53.1 Å². The van der Waals surface area contributed by atoms with Gasteiger partial charge in [-0.1, -0.05) is 23.9 Å². The molecule has 2 N–H and O–H groups in total. The van der Waals surface area contributed by atoms with Crippen molar-refractivity contribution in [2.45, 2.75) is 9.79 Å². The molecule has 4 rings (SSSR count). The SMILES string of the molecule is CN(C)c1ccc(-c2cc(Sc3ccccc3N)c3c(C#N)cnn3c2)cn1. The molecule has 0 aliphatic heterocycles. The number of fused-ring (bicyclic) bond motifs is 1. The van der Waals surface area contributed by atoms with E-state index in [1.165, 1.54) is 11.8 Å². The van der Waals surface area contributed by atoms with Crippen molar-refractivity contribution in [1.29, 1.82) is 5.26 Å². The first kappa shape index (κ1) is 17.9. The Morgan fingerprint density at radius 2 is 1.89 bits per heavy atom. The predicted octanol–water partition coefficient (Wildman–Crippen LogP) is 4.07. The number of hydrogen-bond donors (Lipinski definition) is 1. The Balaban J connectivity index is 1.85. The van der Waals surface area contributed by atoms with Crippen molar-refractivity contribution in [3.05, 3.63) is 66.6 Å². The minimum absolute atomic E-state index is 0.532. The smallest absolute Gasteiger partial charge is 0.127 e. The van der Waals surface area contributed by atoms with Gasteiger partial charge in [0.05, 0.1) is 17.3 Å². The van der Waals surface area contributed by atoms with Crippen LogP contribution in [0.2, 0.25) is 0 Å². The Morgan fingerprint density at radius 1 is 1.07 bits per heavy atom. The molecule has 28 heavy (non-hydrogen) atoms. The molecule has 0 atom stereocenters. The minimum Gasteiger partial charge on any atom is -0.398 e. The number of nitrogen functional groups attached to an aromatic ring is 1. The van der Waals surface area contributed by atoms with Crippen LogP contribution >= 0.6 is 11.8 Å². The molecule has 138 valence electrons. The van der Waals surface area contributed by atoms with E-state index in [4.69, 9.17) is 5.73 Å². The van der Waals surface area contributed by atoms with Crippen LogP contribution in [0.15, 0.2) is 70.8 Å².